The highest BCUT2D eigenvalue weighted by Crippen LogP contribution is 2.33. The molecule has 0 aliphatic heterocycles. The topological polar surface area (TPSA) is 51.8 Å². The van der Waals surface area contributed by atoms with E-state index in [9.17, 15) is 0 Å². The number of hydrogen-bond acceptors (Lipinski definition) is 4. The zero-order chi connectivity index (χ0) is 11.5. The van der Waals surface area contributed by atoms with Crippen LogP contribution in [0, 0.1) is 6.92 Å². The Morgan fingerprint density at radius 2 is 2.12 bits per heavy atom. The van der Waals surface area contributed by atoms with Crippen molar-refractivity contribution in [2.24, 2.45) is 0 Å². The van der Waals surface area contributed by atoms with Crippen molar-refractivity contribution in [1.29, 1.82) is 0 Å². The number of aryl methyl sites for hydroxylation is 1. The third-order valence-electron chi connectivity index (χ3n) is 1.99. The average Bonchev–Trinajstić information content (AvgIpc) is 2.25. The largest absolute Gasteiger partial charge is 0.382 e. The fraction of sp³-hybridized carbons (Fsp3) is 0.0909. The van der Waals surface area contributed by atoms with Gasteiger partial charge in [0.05, 0.1) is 0 Å². The van der Waals surface area contributed by atoms with Crippen molar-refractivity contribution < 1.29 is 0 Å². The predicted octanol–water partition coefficient (Wildman–Crippen LogP) is 3.17. The molecule has 0 aliphatic carbocycles. The van der Waals surface area contributed by atoms with E-state index in [1.54, 1.807) is 0 Å². The van der Waals surface area contributed by atoms with Crippen LogP contribution in [0.3, 0.4) is 0 Å². The fourth-order valence-corrected chi connectivity index (χ4v) is 2.35. The van der Waals surface area contributed by atoms with Crippen LogP contribution in [0.1, 0.15) is 5.56 Å². The van der Waals surface area contributed by atoms with Crippen molar-refractivity contribution >= 4 is 29.2 Å². The minimum absolute atomic E-state index is 0.312. The molecule has 0 spiro atoms. The lowest BCUT2D eigenvalue weighted by atomic mass is 10.2. The second-order valence-corrected chi connectivity index (χ2v) is 4.74. The molecule has 0 fully saturated rings. The SMILES string of the molecule is Cc1cccc(Sc2ncnc(N)c2Cl)c1. The first-order valence-electron chi connectivity index (χ1n) is 4.67. The summed E-state index contributed by atoms with van der Waals surface area (Å²) < 4.78 is 0. The Balaban J connectivity index is 2.31. The van der Waals surface area contributed by atoms with Gasteiger partial charge in [-0.3, -0.25) is 0 Å². The molecule has 0 atom stereocenters. The number of benzene rings is 1. The second-order valence-electron chi connectivity index (χ2n) is 3.30. The maximum absolute atomic E-state index is 6.01. The van der Waals surface area contributed by atoms with Gasteiger partial charge in [0, 0.05) is 4.90 Å². The highest BCUT2D eigenvalue weighted by molar-refractivity contribution is 7.99. The van der Waals surface area contributed by atoms with Gasteiger partial charge in [0.2, 0.25) is 0 Å². The molecular weight excluding hydrogens is 242 g/mol. The van der Waals surface area contributed by atoms with Crippen LogP contribution < -0.4 is 5.73 Å². The molecule has 0 unspecified atom stereocenters. The van der Waals surface area contributed by atoms with E-state index in [-0.39, 0.29) is 0 Å². The van der Waals surface area contributed by atoms with E-state index in [2.05, 4.69) is 16.0 Å². The van der Waals surface area contributed by atoms with Crippen molar-refractivity contribution in [3.63, 3.8) is 0 Å². The van der Waals surface area contributed by atoms with Gasteiger partial charge in [-0.25, -0.2) is 9.97 Å². The van der Waals surface area contributed by atoms with Crippen LogP contribution in [0.2, 0.25) is 5.02 Å². The van der Waals surface area contributed by atoms with E-state index in [1.165, 1.54) is 23.7 Å². The Morgan fingerprint density at radius 1 is 1.31 bits per heavy atom. The molecule has 1 heterocycles. The van der Waals surface area contributed by atoms with Gasteiger partial charge in [-0.15, -0.1) is 0 Å². The fourth-order valence-electron chi connectivity index (χ4n) is 1.23. The van der Waals surface area contributed by atoms with Gasteiger partial charge in [-0.05, 0) is 19.1 Å². The molecule has 1 aromatic heterocycles. The number of halogens is 1. The molecule has 82 valence electrons. The van der Waals surface area contributed by atoms with Crippen LogP contribution in [0.15, 0.2) is 40.5 Å². The van der Waals surface area contributed by atoms with Gasteiger partial charge in [0.15, 0.2) is 0 Å². The van der Waals surface area contributed by atoms with Crippen LogP contribution >= 0.6 is 23.4 Å². The smallest absolute Gasteiger partial charge is 0.146 e. The van der Waals surface area contributed by atoms with Crippen LogP contribution in [0.5, 0.6) is 0 Å². The minimum Gasteiger partial charge on any atom is -0.382 e. The Morgan fingerprint density at radius 3 is 2.88 bits per heavy atom. The molecule has 0 saturated heterocycles. The Kier molecular flexibility index (Phi) is 3.31. The van der Waals surface area contributed by atoms with Crippen molar-refractivity contribution in [1.82, 2.24) is 9.97 Å². The lowest BCUT2D eigenvalue weighted by Gasteiger charge is -2.04. The summed E-state index contributed by atoms with van der Waals surface area (Å²) in [5.74, 6) is 0.312. The number of hydrogen-bond donors (Lipinski definition) is 1. The standard InChI is InChI=1S/C11H10ClN3S/c1-7-3-2-4-8(5-7)16-11-9(12)10(13)14-6-15-11/h2-6H,1H3,(H2,13,14,15). The van der Waals surface area contributed by atoms with Crippen LogP contribution in [-0.2, 0) is 0 Å². The number of aromatic nitrogens is 2. The highest BCUT2D eigenvalue weighted by Gasteiger charge is 2.07. The molecule has 0 radical (unpaired) electrons. The average molecular weight is 252 g/mol. The highest BCUT2D eigenvalue weighted by atomic mass is 35.5. The number of nitrogens with two attached hydrogens (primary N) is 1. The van der Waals surface area contributed by atoms with E-state index < -0.39 is 0 Å². The Labute approximate surface area is 103 Å². The molecule has 0 saturated carbocycles. The number of anilines is 1. The van der Waals surface area contributed by atoms with Gasteiger partial charge < -0.3 is 5.73 Å². The molecule has 16 heavy (non-hydrogen) atoms. The van der Waals surface area contributed by atoms with Gasteiger partial charge in [-0.1, -0.05) is 41.1 Å². The lowest BCUT2D eigenvalue weighted by Crippen LogP contribution is -1.94. The summed E-state index contributed by atoms with van der Waals surface area (Å²) in [6.45, 7) is 2.04. The third kappa shape index (κ3) is 2.46. The van der Waals surface area contributed by atoms with Gasteiger partial charge in [0.25, 0.3) is 0 Å². The molecular formula is C11H10ClN3S. The van der Waals surface area contributed by atoms with Gasteiger partial charge in [0.1, 0.15) is 22.2 Å². The van der Waals surface area contributed by atoms with Crippen molar-refractivity contribution in [2.75, 3.05) is 5.73 Å². The summed E-state index contributed by atoms with van der Waals surface area (Å²) in [4.78, 5) is 9.01. The first kappa shape index (κ1) is 11.2. The first-order valence-corrected chi connectivity index (χ1v) is 5.87. The normalized spacial score (nSPS) is 10.4. The van der Waals surface area contributed by atoms with E-state index in [0.29, 0.717) is 15.9 Å². The zero-order valence-corrected chi connectivity index (χ0v) is 10.2. The minimum atomic E-state index is 0.312. The van der Waals surface area contributed by atoms with E-state index in [0.717, 1.165) is 4.90 Å². The molecule has 3 nitrogen and oxygen atoms in total. The zero-order valence-electron chi connectivity index (χ0n) is 8.64. The second kappa shape index (κ2) is 4.72. The number of nitrogens with zero attached hydrogens (tertiary/aromatic N) is 2. The molecule has 1 aromatic carbocycles. The summed E-state index contributed by atoms with van der Waals surface area (Å²) in [6, 6.07) is 8.11. The van der Waals surface area contributed by atoms with Gasteiger partial charge in [-0.2, -0.15) is 0 Å². The quantitative estimate of drug-likeness (QED) is 0.833. The molecule has 2 aromatic rings. The summed E-state index contributed by atoms with van der Waals surface area (Å²) in [5, 5.41) is 1.09. The predicted molar refractivity (Wildman–Crippen MR) is 66.8 cm³/mol. The van der Waals surface area contributed by atoms with Gasteiger partial charge >= 0.3 is 0 Å². The van der Waals surface area contributed by atoms with E-state index >= 15 is 0 Å². The summed E-state index contributed by atoms with van der Waals surface area (Å²) >= 11 is 7.49. The molecule has 0 amide bonds. The molecule has 5 heteroatoms. The first-order chi connectivity index (χ1) is 7.66. The van der Waals surface area contributed by atoms with Crippen LogP contribution in [-0.4, -0.2) is 9.97 Å². The number of rotatable bonds is 2. The lowest BCUT2D eigenvalue weighted by molar-refractivity contribution is 1.05. The van der Waals surface area contributed by atoms with Crippen LogP contribution in [0.4, 0.5) is 5.82 Å². The monoisotopic (exact) mass is 251 g/mol. The maximum atomic E-state index is 6.01. The van der Waals surface area contributed by atoms with Crippen LogP contribution in [0.25, 0.3) is 0 Å². The van der Waals surface area contributed by atoms with Crippen molar-refractivity contribution in [2.45, 2.75) is 16.8 Å². The molecule has 0 bridgehead atoms. The molecule has 0 aliphatic rings. The molecule has 2 rings (SSSR count). The van der Waals surface area contributed by atoms with Crippen molar-refractivity contribution in [3.8, 4) is 0 Å². The summed E-state index contributed by atoms with van der Waals surface area (Å²) in [7, 11) is 0. The summed E-state index contributed by atoms with van der Waals surface area (Å²) in [5.41, 5.74) is 6.81. The van der Waals surface area contributed by atoms with E-state index in [1.807, 2.05) is 25.1 Å². The van der Waals surface area contributed by atoms with E-state index in [4.69, 9.17) is 17.3 Å². The Hall–Kier alpha value is -1.26. The summed E-state index contributed by atoms with van der Waals surface area (Å²) in [6.07, 6.45) is 1.42. The Bertz CT molecular complexity index is 516. The maximum Gasteiger partial charge on any atom is 0.146 e. The number of nitrogen functional groups attached to an aromatic ring is 1. The third-order valence-corrected chi connectivity index (χ3v) is 3.47. The molecule has 2 N–H and O–H groups in total. The van der Waals surface area contributed by atoms with Crippen molar-refractivity contribution in [3.05, 3.63) is 41.2 Å².